The predicted octanol–water partition coefficient (Wildman–Crippen LogP) is 4.47. The normalized spacial score (nSPS) is 10.6. The minimum absolute atomic E-state index is 0.0390. The van der Waals surface area contributed by atoms with Crippen LogP contribution in [-0.2, 0) is 0 Å². The van der Waals surface area contributed by atoms with Gasteiger partial charge in [-0.1, -0.05) is 17.3 Å². The Hall–Kier alpha value is -2.73. The summed E-state index contributed by atoms with van der Waals surface area (Å²) >= 11 is 1.38. The average molecular weight is 340 g/mol. The summed E-state index contributed by atoms with van der Waals surface area (Å²) in [6.45, 7) is 5.22. The molecule has 0 aliphatic rings. The molecule has 1 amide bonds. The Morgan fingerprint density at radius 2 is 1.96 bits per heavy atom. The highest BCUT2D eigenvalue weighted by Gasteiger charge is 2.16. The number of thiophene rings is 1. The third kappa shape index (κ3) is 3.14. The SMILES string of the molecule is CC(=O)c1cccc(NC(=O)c2ccc(-c3c(C)noc3C)s2)c1. The number of Topliss-reactive ketones (excluding diaryl/α,β-unsaturated/α-hetero) is 1. The van der Waals surface area contributed by atoms with E-state index in [2.05, 4.69) is 10.5 Å². The molecule has 6 heteroatoms. The number of hydrogen-bond donors (Lipinski definition) is 1. The van der Waals surface area contributed by atoms with Crippen molar-refractivity contribution < 1.29 is 14.1 Å². The van der Waals surface area contributed by atoms with Crippen molar-refractivity contribution in [3.05, 3.63) is 58.3 Å². The molecule has 1 aromatic carbocycles. The number of carbonyl (C=O) groups excluding carboxylic acids is 2. The summed E-state index contributed by atoms with van der Waals surface area (Å²) in [6, 6.07) is 10.6. The summed E-state index contributed by atoms with van der Waals surface area (Å²) in [7, 11) is 0. The highest BCUT2D eigenvalue weighted by Crippen LogP contribution is 2.33. The molecular formula is C18H16N2O3S. The number of nitrogens with zero attached hydrogens (tertiary/aromatic N) is 1. The summed E-state index contributed by atoms with van der Waals surface area (Å²) in [4.78, 5) is 25.4. The summed E-state index contributed by atoms with van der Waals surface area (Å²) in [5.41, 5.74) is 2.89. The van der Waals surface area contributed by atoms with Crippen molar-refractivity contribution in [2.45, 2.75) is 20.8 Å². The largest absolute Gasteiger partial charge is 0.361 e. The van der Waals surface area contributed by atoms with Crippen molar-refractivity contribution in [2.75, 3.05) is 5.32 Å². The van der Waals surface area contributed by atoms with E-state index in [1.54, 1.807) is 30.3 Å². The molecule has 0 bridgehead atoms. The maximum atomic E-state index is 12.4. The highest BCUT2D eigenvalue weighted by molar-refractivity contribution is 7.17. The van der Waals surface area contributed by atoms with Crippen molar-refractivity contribution in [3.63, 3.8) is 0 Å². The first-order valence-electron chi connectivity index (χ1n) is 7.41. The number of aromatic nitrogens is 1. The van der Waals surface area contributed by atoms with E-state index in [0.29, 0.717) is 16.1 Å². The summed E-state index contributed by atoms with van der Waals surface area (Å²) in [5.74, 6) is 0.483. The summed E-state index contributed by atoms with van der Waals surface area (Å²) in [5, 5.41) is 6.76. The van der Waals surface area contributed by atoms with Gasteiger partial charge in [-0.05, 0) is 45.0 Å². The molecular weight excluding hydrogens is 324 g/mol. The lowest BCUT2D eigenvalue weighted by molar-refractivity contribution is 0.101. The van der Waals surface area contributed by atoms with E-state index in [9.17, 15) is 9.59 Å². The lowest BCUT2D eigenvalue weighted by atomic mass is 10.1. The van der Waals surface area contributed by atoms with Crippen molar-refractivity contribution in [3.8, 4) is 10.4 Å². The third-order valence-electron chi connectivity index (χ3n) is 3.64. The zero-order valence-electron chi connectivity index (χ0n) is 13.5. The van der Waals surface area contributed by atoms with Gasteiger partial charge in [0.25, 0.3) is 5.91 Å². The van der Waals surface area contributed by atoms with Crippen LogP contribution in [0.2, 0.25) is 0 Å². The number of nitrogens with one attached hydrogen (secondary N) is 1. The van der Waals surface area contributed by atoms with Gasteiger partial charge in [-0.2, -0.15) is 0 Å². The number of rotatable bonds is 4. The Labute approximate surface area is 143 Å². The first-order chi connectivity index (χ1) is 11.5. The molecule has 0 fully saturated rings. The maximum Gasteiger partial charge on any atom is 0.265 e. The number of hydrogen-bond acceptors (Lipinski definition) is 5. The van der Waals surface area contributed by atoms with Gasteiger partial charge in [0.05, 0.1) is 16.1 Å². The number of carbonyl (C=O) groups is 2. The fourth-order valence-corrected chi connectivity index (χ4v) is 3.48. The minimum Gasteiger partial charge on any atom is -0.361 e. The predicted molar refractivity (Wildman–Crippen MR) is 93.7 cm³/mol. The Morgan fingerprint density at radius 3 is 2.62 bits per heavy atom. The molecule has 2 aromatic heterocycles. The molecule has 24 heavy (non-hydrogen) atoms. The van der Waals surface area contributed by atoms with E-state index < -0.39 is 0 Å². The van der Waals surface area contributed by atoms with Gasteiger partial charge >= 0.3 is 0 Å². The van der Waals surface area contributed by atoms with Gasteiger partial charge in [-0.15, -0.1) is 11.3 Å². The lowest BCUT2D eigenvalue weighted by Crippen LogP contribution is -2.10. The molecule has 0 saturated heterocycles. The van der Waals surface area contributed by atoms with Crippen LogP contribution in [0, 0.1) is 13.8 Å². The van der Waals surface area contributed by atoms with Crippen LogP contribution in [0.3, 0.4) is 0 Å². The van der Waals surface area contributed by atoms with Crippen molar-refractivity contribution in [2.24, 2.45) is 0 Å². The second-order valence-electron chi connectivity index (χ2n) is 5.45. The summed E-state index contributed by atoms with van der Waals surface area (Å²) in [6.07, 6.45) is 0. The molecule has 3 aromatic rings. The van der Waals surface area contributed by atoms with Gasteiger partial charge in [0.15, 0.2) is 5.78 Å². The molecule has 0 atom stereocenters. The molecule has 0 spiro atoms. The molecule has 0 unspecified atom stereocenters. The molecule has 1 N–H and O–H groups in total. The standard InChI is InChI=1S/C18H16N2O3S/c1-10-17(12(3)23-20-10)15-7-8-16(24-15)18(22)19-14-6-4-5-13(9-14)11(2)21/h4-9H,1-3H3,(H,19,22). The number of benzene rings is 1. The quantitative estimate of drug-likeness (QED) is 0.711. The van der Waals surface area contributed by atoms with Crippen LogP contribution < -0.4 is 5.32 Å². The highest BCUT2D eigenvalue weighted by atomic mass is 32.1. The molecule has 0 radical (unpaired) electrons. The Balaban J connectivity index is 1.82. The van der Waals surface area contributed by atoms with Crippen LogP contribution in [0.5, 0.6) is 0 Å². The number of aryl methyl sites for hydroxylation is 2. The van der Waals surface area contributed by atoms with Crippen LogP contribution in [-0.4, -0.2) is 16.8 Å². The van der Waals surface area contributed by atoms with Gasteiger partial charge in [-0.3, -0.25) is 9.59 Å². The van der Waals surface area contributed by atoms with Crippen molar-refractivity contribution in [1.82, 2.24) is 5.16 Å². The molecule has 2 heterocycles. The van der Waals surface area contributed by atoms with E-state index >= 15 is 0 Å². The monoisotopic (exact) mass is 340 g/mol. The van der Waals surface area contributed by atoms with Gasteiger partial charge in [0.1, 0.15) is 5.76 Å². The van der Waals surface area contributed by atoms with Gasteiger partial charge in [0, 0.05) is 16.1 Å². The average Bonchev–Trinajstić information content (AvgIpc) is 3.14. The van der Waals surface area contributed by atoms with Crippen molar-refractivity contribution in [1.29, 1.82) is 0 Å². The van der Waals surface area contributed by atoms with E-state index in [1.165, 1.54) is 18.3 Å². The molecule has 3 rings (SSSR count). The number of ketones is 1. The lowest BCUT2D eigenvalue weighted by Gasteiger charge is -2.04. The Morgan fingerprint density at radius 1 is 1.17 bits per heavy atom. The van der Waals surface area contributed by atoms with Crippen molar-refractivity contribution >= 4 is 28.7 Å². The molecule has 0 saturated carbocycles. The molecule has 0 aliphatic carbocycles. The molecule has 5 nitrogen and oxygen atoms in total. The first kappa shape index (κ1) is 16.1. The maximum absolute atomic E-state index is 12.4. The second kappa shape index (κ2) is 6.41. The Bertz CT molecular complexity index is 904. The van der Waals surface area contributed by atoms with Crippen LogP contribution in [0.25, 0.3) is 10.4 Å². The topological polar surface area (TPSA) is 72.2 Å². The number of amides is 1. The molecule has 0 aliphatic heterocycles. The molecule has 122 valence electrons. The van der Waals surface area contributed by atoms with Crippen LogP contribution in [0.15, 0.2) is 40.9 Å². The zero-order valence-corrected chi connectivity index (χ0v) is 14.4. The van der Waals surface area contributed by atoms with Crippen LogP contribution in [0.4, 0.5) is 5.69 Å². The summed E-state index contributed by atoms with van der Waals surface area (Å²) < 4.78 is 5.17. The van der Waals surface area contributed by atoms with Gasteiger partial charge in [-0.25, -0.2) is 0 Å². The first-order valence-corrected chi connectivity index (χ1v) is 8.23. The number of anilines is 1. The third-order valence-corrected chi connectivity index (χ3v) is 4.74. The Kier molecular flexibility index (Phi) is 4.31. The van der Waals surface area contributed by atoms with E-state index in [1.807, 2.05) is 19.9 Å². The van der Waals surface area contributed by atoms with E-state index in [-0.39, 0.29) is 11.7 Å². The zero-order chi connectivity index (χ0) is 17.3. The fourth-order valence-electron chi connectivity index (χ4n) is 2.44. The van der Waals surface area contributed by atoms with Gasteiger partial charge < -0.3 is 9.84 Å². The fraction of sp³-hybridized carbons (Fsp3) is 0.167. The van der Waals surface area contributed by atoms with E-state index in [0.717, 1.165) is 21.9 Å². The second-order valence-corrected chi connectivity index (χ2v) is 6.54. The van der Waals surface area contributed by atoms with Crippen LogP contribution >= 0.6 is 11.3 Å². The van der Waals surface area contributed by atoms with E-state index in [4.69, 9.17) is 4.52 Å². The minimum atomic E-state index is -0.210. The van der Waals surface area contributed by atoms with Crippen LogP contribution in [0.1, 0.15) is 38.4 Å². The van der Waals surface area contributed by atoms with Gasteiger partial charge in [0.2, 0.25) is 0 Å². The smallest absolute Gasteiger partial charge is 0.265 e.